The highest BCUT2D eigenvalue weighted by Gasteiger charge is 2.25. The van der Waals surface area contributed by atoms with E-state index in [0.717, 1.165) is 37.4 Å². The number of anilines is 2. The predicted octanol–water partition coefficient (Wildman–Crippen LogP) is 1.92. The van der Waals surface area contributed by atoms with Crippen LogP contribution in [0.15, 0.2) is 24.8 Å². The van der Waals surface area contributed by atoms with Gasteiger partial charge in [0, 0.05) is 31.5 Å². The Bertz CT molecular complexity index is 603. The first-order chi connectivity index (χ1) is 10.2. The van der Waals surface area contributed by atoms with Crippen molar-refractivity contribution in [3.05, 3.63) is 29.7 Å². The normalized spacial score (nSPS) is 14.1. The smallest absolute Gasteiger partial charge is 0.263 e. The molecule has 1 amide bonds. The van der Waals surface area contributed by atoms with Crippen molar-refractivity contribution >= 4 is 27.9 Å². The summed E-state index contributed by atoms with van der Waals surface area (Å²) >= 11 is 1.42. The number of carbonyl (C=O) groups excluding carboxylic acids is 1. The molecule has 6 nitrogen and oxygen atoms in total. The average molecular weight is 305 g/mol. The van der Waals surface area contributed by atoms with Crippen LogP contribution in [-0.4, -0.2) is 28.0 Å². The summed E-state index contributed by atoms with van der Waals surface area (Å²) in [6, 6.07) is 2.19. The summed E-state index contributed by atoms with van der Waals surface area (Å²) in [5, 5.41) is 7.22. The summed E-state index contributed by atoms with van der Waals surface area (Å²) in [6.07, 6.45) is 8.68. The van der Waals surface area contributed by atoms with Gasteiger partial charge in [0.2, 0.25) is 0 Å². The number of aromatic nitrogens is 2. The summed E-state index contributed by atoms with van der Waals surface area (Å²) in [7, 11) is 0. The van der Waals surface area contributed by atoms with Gasteiger partial charge in [0.05, 0.1) is 17.0 Å². The highest BCUT2D eigenvalue weighted by molar-refractivity contribution is 7.18. The first-order valence-corrected chi connectivity index (χ1v) is 7.94. The molecular formula is C14H19N5OS. The molecule has 4 N–H and O–H groups in total. The van der Waals surface area contributed by atoms with Gasteiger partial charge in [-0.15, -0.1) is 11.3 Å². The van der Waals surface area contributed by atoms with Crippen molar-refractivity contribution in [1.29, 1.82) is 0 Å². The van der Waals surface area contributed by atoms with Crippen LogP contribution >= 0.6 is 11.3 Å². The van der Waals surface area contributed by atoms with E-state index in [1.807, 2.05) is 23.2 Å². The van der Waals surface area contributed by atoms with Crippen LogP contribution in [0.3, 0.4) is 0 Å². The molecule has 0 aliphatic heterocycles. The Balaban J connectivity index is 1.48. The van der Waals surface area contributed by atoms with Crippen molar-refractivity contribution in [3.8, 4) is 0 Å². The van der Waals surface area contributed by atoms with Crippen molar-refractivity contribution in [2.24, 2.45) is 0 Å². The molecule has 0 aromatic carbocycles. The van der Waals surface area contributed by atoms with Crippen molar-refractivity contribution < 1.29 is 4.79 Å². The number of nitrogens with one attached hydrogen (secondary N) is 2. The van der Waals surface area contributed by atoms with Gasteiger partial charge in [-0.25, -0.2) is 4.98 Å². The molecule has 1 aliphatic rings. The molecule has 1 fully saturated rings. The van der Waals surface area contributed by atoms with Gasteiger partial charge in [-0.3, -0.25) is 4.79 Å². The van der Waals surface area contributed by atoms with Crippen molar-refractivity contribution in [2.45, 2.75) is 31.8 Å². The van der Waals surface area contributed by atoms with Crippen LogP contribution in [0.5, 0.6) is 0 Å². The highest BCUT2D eigenvalue weighted by atomic mass is 32.1. The average Bonchev–Trinajstić information content (AvgIpc) is 2.99. The lowest BCUT2D eigenvalue weighted by molar-refractivity contribution is 0.0956. The van der Waals surface area contributed by atoms with Gasteiger partial charge < -0.3 is 20.9 Å². The number of hydrogen-bond donors (Lipinski definition) is 3. The number of amides is 1. The van der Waals surface area contributed by atoms with E-state index in [0.29, 0.717) is 16.6 Å². The second kappa shape index (κ2) is 6.17. The summed E-state index contributed by atoms with van der Waals surface area (Å²) in [6.45, 7) is 1.75. The molecule has 1 saturated carbocycles. The van der Waals surface area contributed by atoms with Crippen LogP contribution in [0.2, 0.25) is 0 Å². The quantitative estimate of drug-likeness (QED) is 0.682. The van der Waals surface area contributed by atoms with Crippen LogP contribution in [0.1, 0.15) is 28.9 Å². The van der Waals surface area contributed by atoms with Crippen LogP contribution in [-0.2, 0) is 6.54 Å². The maximum Gasteiger partial charge on any atom is 0.263 e. The lowest BCUT2D eigenvalue weighted by Gasteiger charge is -2.04. The minimum absolute atomic E-state index is 0.0496. The number of imidazole rings is 1. The second-order valence-corrected chi connectivity index (χ2v) is 6.28. The van der Waals surface area contributed by atoms with Gasteiger partial charge in [0.1, 0.15) is 4.88 Å². The molecule has 0 atom stereocenters. The number of aryl methyl sites for hydroxylation is 1. The molecule has 0 saturated heterocycles. The van der Waals surface area contributed by atoms with Gasteiger partial charge >= 0.3 is 0 Å². The Labute approximate surface area is 127 Å². The second-order valence-electron chi connectivity index (χ2n) is 5.22. The van der Waals surface area contributed by atoms with Crippen molar-refractivity contribution in [1.82, 2.24) is 14.9 Å². The van der Waals surface area contributed by atoms with E-state index < -0.39 is 0 Å². The maximum atomic E-state index is 12.0. The fraction of sp³-hybridized carbons (Fsp3) is 0.429. The molecule has 0 spiro atoms. The van der Waals surface area contributed by atoms with Crippen LogP contribution < -0.4 is 16.4 Å². The number of thiophene rings is 1. The number of nitrogens with zero attached hydrogens (tertiary/aromatic N) is 2. The Morgan fingerprint density at radius 3 is 3.10 bits per heavy atom. The fourth-order valence-electron chi connectivity index (χ4n) is 2.04. The zero-order valence-corrected chi connectivity index (χ0v) is 12.5. The number of carbonyl (C=O) groups is 1. The van der Waals surface area contributed by atoms with Crippen LogP contribution in [0.25, 0.3) is 0 Å². The van der Waals surface area contributed by atoms with Crippen molar-refractivity contribution in [2.75, 3.05) is 17.6 Å². The summed E-state index contributed by atoms with van der Waals surface area (Å²) in [5.41, 5.74) is 6.47. The van der Waals surface area contributed by atoms with Gasteiger partial charge in [-0.05, 0) is 25.3 Å². The van der Waals surface area contributed by atoms with E-state index in [2.05, 4.69) is 15.6 Å². The number of nitrogen functional groups attached to an aromatic ring is 1. The molecule has 3 rings (SSSR count). The molecule has 2 aromatic rings. The third-order valence-corrected chi connectivity index (χ3v) is 4.44. The molecule has 0 unspecified atom stereocenters. The van der Waals surface area contributed by atoms with Gasteiger partial charge in [0.25, 0.3) is 5.91 Å². The number of rotatable bonds is 7. The van der Waals surface area contributed by atoms with Gasteiger partial charge in [0.15, 0.2) is 0 Å². The lowest BCUT2D eigenvalue weighted by atomic mass is 10.3. The summed E-state index contributed by atoms with van der Waals surface area (Å²) in [5.74, 6) is -0.0496. The Morgan fingerprint density at radius 2 is 2.38 bits per heavy atom. The largest absolute Gasteiger partial charge is 0.397 e. The molecular weight excluding hydrogens is 286 g/mol. The minimum atomic E-state index is -0.0496. The lowest BCUT2D eigenvalue weighted by Crippen LogP contribution is -2.25. The monoisotopic (exact) mass is 305 g/mol. The van der Waals surface area contributed by atoms with Crippen molar-refractivity contribution in [3.63, 3.8) is 0 Å². The van der Waals surface area contributed by atoms with Gasteiger partial charge in [-0.2, -0.15) is 0 Å². The molecule has 7 heteroatoms. The highest BCUT2D eigenvalue weighted by Crippen LogP contribution is 2.30. The zero-order chi connectivity index (χ0) is 14.7. The standard InChI is InChI=1S/C14H19N5OS/c15-11-8-12(17-4-1-6-19-7-5-16-9-19)21-13(11)14(20)18-10-2-3-10/h5,7-10,17H,1-4,6,15H2,(H,18,20). The van der Waals surface area contributed by atoms with E-state index in [9.17, 15) is 4.79 Å². The Morgan fingerprint density at radius 1 is 1.52 bits per heavy atom. The topological polar surface area (TPSA) is 85.0 Å². The predicted molar refractivity (Wildman–Crippen MR) is 84.6 cm³/mol. The Hall–Kier alpha value is -2.02. The maximum absolute atomic E-state index is 12.0. The zero-order valence-electron chi connectivity index (χ0n) is 11.7. The minimum Gasteiger partial charge on any atom is -0.397 e. The number of hydrogen-bond acceptors (Lipinski definition) is 5. The third kappa shape index (κ3) is 3.75. The molecule has 2 aromatic heterocycles. The van der Waals surface area contributed by atoms with Crippen LogP contribution in [0.4, 0.5) is 10.7 Å². The SMILES string of the molecule is Nc1cc(NCCCn2ccnc2)sc1C(=O)NC1CC1. The molecule has 21 heavy (non-hydrogen) atoms. The summed E-state index contributed by atoms with van der Waals surface area (Å²) < 4.78 is 2.04. The third-order valence-electron chi connectivity index (χ3n) is 3.33. The molecule has 2 heterocycles. The van der Waals surface area contributed by atoms with E-state index >= 15 is 0 Å². The van der Waals surface area contributed by atoms with Gasteiger partial charge in [-0.1, -0.05) is 0 Å². The first-order valence-electron chi connectivity index (χ1n) is 7.12. The van der Waals surface area contributed by atoms with E-state index in [-0.39, 0.29) is 5.91 Å². The number of nitrogens with two attached hydrogens (primary N) is 1. The first kappa shape index (κ1) is 13.9. The molecule has 1 aliphatic carbocycles. The van der Waals surface area contributed by atoms with E-state index in [1.54, 1.807) is 6.20 Å². The molecule has 112 valence electrons. The molecule has 0 radical (unpaired) electrons. The summed E-state index contributed by atoms with van der Waals surface area (Å²) in [4.78, 5) is 16.6. The fourth-order valence-corrected chi connectivity index (χ4v) is 2.95. The van der Waals surface area contributed by atoms with Crippen LogP contribution in [0, 0.1) is 0 Å². The van der Waals surface area contributed by atoms with E-state index in [4.69, 9.17) is 5.73 Å². The molecule has 0 bridgehead atoms. The van der Waals surface area contributed by atoms with E-state index in [1.165, 1.54) is 11.3 Å². The Kier molecular flexibility index (Phi) is 4.10.